The van der Waals surface area contributed by atoms with Crippen molar-refractivity contribution in [3.63, 3.8) is 0 Å². The molecule has 0 aliphatic carbocycles. The highest BCUT2D eigenvalue weighted by atomic mass is 32.2. The molecule has 0 aliphatic rings. The third kappa shape index (κ3) is 3.59. The zero-order valence-corrected chi connectivity index (χ0v) is 12.8. The van der Waals surface area contributed by atoms with Crippen LogP contribution in [0.25, 0.3) is 0 Å². The van der Waals surface area contributed by atoms with Gasteiger partial charge in [0.05, 0.1) is 7.11 Å². The lowest BCUT2D eigenvalue weighted by atomic mass is 10.1. The van der Waals surface area contributed by atoms with E-state index in [9.17, 15) is 8.42 Å². The smallest absolute Gasteiger partial charge is 0.273 e. The van der Waals surface area contributed by atoms with E-state index in [1.54, 1.807) is 11.7 Å². The lowest BCUT2D eigenvalue weighted by Crippen LogP contribution is -2.19. The van der Waals surface area contributed by atoms with Gasteiger partial charge in [0.1, 0.15) is 11.6 Å². The van der Waals surface area contributed by atoms with Crippen molar-refractivity contribution in [3.05, 3.63) is 35.7 Å². The van der Waals surface area contributed by atoms with Crippen LogP contribution in [0.3, 0.4) is 0 Å². The molecule has 0 radical (unpaired) electrons. The standard InChI is InChI=1S/C13H18N4O3S/c1-3-7-17-12(15-16-13(17)21(14,18)19)9-10-5-4-6-11(8-10)20-2/h4-6,8H,3,7,9H2,1-2H3,(H2,14,18,19). The molecule has 0 fully saturated rings. The quantitative estimate of drug-likeness (QED) is 0.855. The van der Waals surface area contributed by atoms with E-state index in [-0.39, 0.29) is 5.16 Å². The minimum absolute atomic E-state index is 0.192. The molecule has 114 valence electrons. The summed E-state index contributed by atoms with van der Waals surface area (Å²) in [6.45, 7) is 2.44. The highest BCUT2D eigenvalue weighted by molar-refractivity contribution is 7.89. The molecule has 0 aliphatic heterocycles. The van der Waals surface area contributed by atoms with Crippen molar-refractivity contribution in [1.82, 2.24) is 14.8 Å². The third-order valence-corrected chi connectivity index (χ3v) is 3.80. The van der Waals surface area contributed by atoms with Gasteiger partial charge in [0.15, 0.2) is 0 Å². The summed E-state index contributed by atoms with van der Waals surface area (Å²) in [6, 6.07) is 7.51. The van der Waals surface area contributed by atoms with Gasteiger partial charge in [-0.25, -0.2) is 13.6 Å². The number of sulfonamides is 1. The van der Waals surface area contributed by atoms with Crippen LogP contribution in [0.4, 0.5) is 0 Å². The molecule has 0 saturated heterocycles. The summed E-state index contributed by atoms with van der Waals surface area (Å²) < 4.78 is 29.8. The Bertz CT molecular complexity index is 725. The second kappa shape index (κ2) is 6.23. The molecule has 0 bridgehead atoms. The Morgan fingerprint density at radius 3 is 2.71 bits per heavy atom. The number of nitrogens with zero attached hydrogens (tertiary/aromatic N) is 3. The minimum atomic E-state index is -3.88. The van der Waals surface area contributed by atoms with E-state index in [0.29, 0.717) is 18.8 Å². The molecule has 0 saturated carbocycles. The van der Waals surface area contributed by atoms with Crippen molar-refractivity contribution in [2.75, 3.05) is 7.11 Å². The van der Waals surface area contributed by atoms with Crippen LogP contribution in [0.2, 0.25) is 0 Å². The summed E-state index contributed by atoms with van der Waals surface area (Å²) in [5.41, 5.74) is 0.958. The third-order valence-electron chi connectivity index (χ3n) is 2.99. The van der Waals surface area contributed by atoms with Crippen LogP contribution >= 0.6 is 0 Å². The molecule has 8 heteroatoms. The first kappa shape index (κ1) is 15.5. The number of hydrogen-bond acceptors (Lipinski definition) is 5. The highest BCUT2D eigenvalue weighted by Crippen LogP contribution is 2.17. The van der Waals surface area contributed by atoms with E-state index in [0.717, 1.165) is 17.7 Å². The first-order chi connectivity index (χ1) is 9.95. The van der Waals surface area contributed by atoms with Gasteiger partial charge in [-0.2, -0.15) is 0 Å². The summed E-state index contributed by atoms with van der Waals surface area (Å²) >= 11 is 0. The van der Waals surface area contributed by atoms with Crippen molar-refractivity contribution >= 4 is 10.0 Å². The van der Waals surface area contributed by atoms with Gasteiger partial charge in [0.2, 0.25) is 0 Å². The van der Waals surface area contributed by atoms with Crippen molar-refractivity contribution in [2.45, 2.75) is 31.5 Å². The molecule has 21 heavy (non-hydrogen) atoms. The summed E-state index contributed by atoms with van der Waals surface area (Å²) in [7, 11) is -2.28. The van der Waals surface area contributed by atoms with E-state index in [1.165, 1.54) is 0 Å². The fraction of sp³-hybridized carbons (Fsp3) is 0.385. The van der Waals surface area contributed by atoms with Crippen molar-refractivity contribution < 1.29 is 13.2 Å². The second-order valence-corrected chi connectivity index (χ2v) is 6.08. The van der Waals surface area contributed by atoms with Crippen molar-refractivity contribution in [1.29, 1.82) is 0 Å². The molecule has 0 atom stereocenters. The zero-order valence-electron chi connectivity index (χ0n) is 12.0. The normalized spacial score (nSPS) is 11.6. The fourth-order valence-electron chi connectivity index (χ4n) is 2.07. The van der Waals surface area contributed by atoms with Gasteiger partial charge in [0.25, 0.3) is 15.2 Å². The molecule has 1 aromatic carbocycles. The Hall–Kier alpha value is -1.93. The molecular weight excluding hydrogens is 292 g/mol. The molecule has 0 amide bonds. The van der Waals surface area contributed by atoms with E-state index in [1.807, 2.05) is 31.2 Å². The topological polar surface area (TPSA) is 100 Å². The van der Waals surface area contributed by atoms with E-state index in [4.69, 9.17) is 9.88 Å². The zero-order chi connectivity index (χ0) is 15.5. The second-order valence-electron chi connectivity index (χ2n) is 4.62. The lowest BCUT2D eigenvalue weighted by Gasteiger charge is -2.08. The summed E-state index contributed by atoms with van der Waals surface area (Å²) in [4.78, 5) is 0. The molecule has 0 spiro atoms. The van der Waals surface area contributed by atoms with Gasteiger partial charge in [0, 0.05) is 13.0 Å². The first-order valence-electron chi connectivity index (χ1n) is 6.53. The SMILES string of the molecule is CCCn1c(Cc2cccc(OC)c2)nnc1S(N)(=O)=O. The van der Waals surface area contributed by atoms with Crippen LogP contribution in [0.15, 0.2) is 29.4 Å². The molecule has 2 rings (SSSR count). The Kier molecular flexibility index (Phi) is 4.59. The largest absolute Gasteiger partial charge is 0.497 e. The number of benzene rings is 1. The first-order valence-corrected chi connectivity index (χ1v) is 8.08. The predicted molar refractivity (Wildman–Crippen MR) is 77.5 cm³/mol. The van der Waals surface area contributed by atoms with Crippen molar-refractivity contribution in [2.24, 2.45) is 5.14 Å². The number of hydrogen-bond donors (Lipinski definition) is 1. The monoisotopic (exact) mass is 310 g/mol. The maximum absolute atomic E-state index is 11.5. The summed E-state index contributed by atoms with van der Waals surface area (Å²) in [5, 5.41) is 12.7. The van der Waals surface area contributed by atoms with Crippen LogP contribution in [-0.2, 0) is 23.0 Å². The molecule has 0 unspecified atom stereocenters. The summed E-state index contributed by atoms with van der Waals surface area (Å²) in [6.07, 6.45) is 1.21. The van der Waals surface area contributed by atoms with E-state index in [2.05, 4.69) is 10.2 Å². The Morgan fingerprint density at radius 1 is 1.33 bits per heavy atom. The molecule has 2 aromatic rings. The molecular formula is C13H18N4O3S. The Morgan fingerprint density at radius 2 is 2.10 bits per heavy atom. The van der Waals surface area contributed by atoms with Gasteiger partial charge in [-0.3, -0.25) is 0 Å². The van der Waals surface area contributed by atoms with Crippen molar-refractivity contribution in [3.8, 4) is 5.75 Å². The number of primary sulfonamides is 1. The van der Waals surface area contributed by atoms with Gasteiger partial charge < -0.3 is 9.30 Å². The average Bonchev–Trinajstić information content (AvgIpc) is 2.82. The van der Waals surface area contributed by atoms with Gasteiger partial charge in [-0.15, -0.1) is 10.2 Å². The molecule has 1 aromatic heterocycles. The molecule has 7 nitrogen and oxygen atoms in total. The van der Waals surface area contributed by atoms with E-state index < -0.39 is 10.0 Å². The minimum Gasteiger partial charge on any atom is -0.497 e. The van der Waals surface area contributed by atoms with Gasteiger partial charge in [-0.1, -0.05) is 19.1 Å². The highest BCUT2D eigenvalue weighted by Gasteiger charge is 2.20. The number of ether oxygens (including phenoxy) is 1. The van der Waals surface area contributed by atoms with Crippen LogP contribution in [0.5, 0.6) is 5.75 Å². The van der Waals surface area contributed by atoms with Gasteiger partial charge >= 0.3 is 0 Å². The number of rotatable bonds is 6. The number of methoxy groups -OCH3 is 1. The average molecular weight is 310 g/mol. The lowest BCUT2D eigenvalue weighted by molar-refractivity contribution is 0.414. The van der Waals surface area contributed by atoms with E-state index >= 15 is 0 Å². The molecule has 2 N–H and O–H groups in total. The van der Waals surface area contributed by atoms with Crippen LogP contribution in [-0.4, -0.2) is 30.3 Å². The maximum Gasteiger partial charge on any atom is 0.273 e. The van der Waals surface area contributed by atoms with Crippen LogP contribution < -0.4 is 9.88 Å². The Labute approximate surface area is 123 Å². The molecule has 1 heterocycles. The number of aromatic nitrogens is 3. The fourth-order valence-corrected chi connectivity index (χ4v) is 2.73. The maximum atomic E-state index is 11.5. The summed E-state index contributed by atoms with van der Waals surface area (Å²) in [5.74, 6) is 1.30. The Balaban J connectivity index is 2.37. The predicted octanol–water partition coefficient (Wildman–Crippen LogP) is 0.935. The number of nitrogens with two attached hydrogens (primary N) is 1. The van der Waals surface area contributed by atoms with Gasteiger partial charge in [-0.05, 0) is 24.1 Å². The van der Waals surface area contributed by atoms with Crippen LogP contribution in [0, 0.1) is 0 Å². The van der Waals surface area contributed by atoms with Crippen LogP contribution in [0.1, 0.15) is 24.7 Å².